The number of benzene rings is 2. The Labute approximate surface area is 227 Å². The molecule has 1 aliphatic heterocycles. The number of hydrogen-bond acceptors (Lipinski definition) is 4. The van der Waals surface area contributed by atoms with E-state index in [9.17, 15) is 27.6 Å². The molecule has 7 nitrogen and oxygen atoms in total. The highest BCUT2D eigenvalue weighted by molar-refractivity contribution is 6.36. The van der Waals surface area contributed by atoms with Crippen LogP contribution in [0.5, 0.6) is 0 Å². The molecular weight excluding hydrogens is 544 g/mol. The van der Waals surface area contributed by atoms with Gasteiger partial charge in [-0.3, -0.25) is 14.4 Å². The van der Waals surface area contributed by atoms with E-state index in [1.807, 2.05) is 0 Å². The van der Waals surface area contributed by atoms with Crippen molar-refractivity contribution in [2.45, 2.75) is 44.4 Å². The summed E-state index contributed by atoms with van der Waals surface area (Å²) in [6.45, 7) is 0. The summed E-state index contributed by atoms with van der Waals surface area (Å²) in [6, 6.07) is 11.5. The van der Waals surface area contributed by atoms with Crippen LogP contribution in [0.1, 0.15) is 43.2 Å². The molecule has 2 aliphatic rings. The molecule has 0 spiro atoms. The number of nitrogens with zero attached hydrogens (tertiary/aromatic N) is 1. The van der Waals surface area contributed by atoms with Crippen molar-refractivity contribution in [1.82, 2.24) is 5.32 Å². The van der Waals surface area contributed by atoms with Gasteiger partial charge < -0.3 is 16.4 Å². The lowest BCUT2D eigenvalue weighted by Crippen LogP contribution is -2.48. The van der Waals surface area contributed by atoms with Gasteiger partial charge in [-0.2, -0.15) is 13.2 Å². The van der Waals surface area contributed by atoms with Crippen molar-refractivity contribution in [1.29, 1.82) is 0 Å². The van der Waals surface area contributed by atoms with Crippen molar-refractivity contribution < 1.29 is 27.6 Å². The van der Waals surface area contributed by atoms with Crippen LogP contribution in [0.15, 0.2) is 47.5 Å². The highest BCUT2D eigenvalue weighted by Crippen LogP contribution is 2.39. The number of benzodiazepines with no additional fused rings is 1. The van der Waals surface area contributed by atoms with Gasteiger partial charge in [0.25, 0.3) is 5.91 Å². The predicted octanol–water partition coefficient (Wildman–Crippen LogP) is 5.09. The summed E-state index contributed by atoms with van der Waals surface area (Å²) in [7, 11) is 0. The Bertz CT molecular complexity index is 1260. The molecule has 1 aliphatic carbocycles. The topological polar surface area (TPSA) is 114 Å². The van der Waals surface area contributed by atoms with E-state index < -0.39 is 54.7 Å². The monoisotopic (exact) mass is 568 g/mol. The van der Waals surface area contributed by atoms with E-state index in [-0.39, 0.29) is 23.0 Å². The van der Waals surface area contributed by atoms with E-state index in [0.29, 0.717) is 21.9 Å². The molecule has 3 unspecified atom stereocenters. The lowest BCUT2D eigenvalue weighted by molar-refractivity contribution is -0.146. The van der Waals surface area contributed by atoms with Crippen LogP contribution in [0.2, 0.25) is 10.0 Å². The molecule has 12 heteroatoms. The minimum absolute atomic E-state index is 0.126. The van der Waals surface area contributed by atoms with Crippen molar-refractivity contribution >= 4 is 52.3 Å². The Hall–Kier alpha value is -3.11. The minimum atomic E-state index is -4.54. The molecule has 0 saturated heterocycles. The standard InChI is InChI=1S/C26H25Cl2F3N4O3/c27-15-8-6-14(7-9-15)20-17-2-1-3-19(28)21(17)34-25(38)23(33-20)35-24(37)16(10-11-26(29,30)31)18(22(32)36)12-13-4-5-13/h1-3,6-9,13,16,18,23H,4-5,10-12H2,(H2,32,36)(H,34,38)(H,35,37). The molecule has 1 fully saturated rings. The van der Waals surface area contributed by atoms with Crippen LogP contribution in [0.4, 0.5) is 18.9 Å². The number of alkyl halides is 3. The smallest absolute Gasteiger partial charge is 0.369 e. The third-order valence-electron chi connectivity index (χ3n) is 6.63. The molecule has 0 aromatic heterocycles. The van der Waals surface area contributed by atoms with Gasteiger partial charge >= 0.3 is 6.18 Å². The number of hydrogen-bond donors (Lipinski definition) is 3. The summed E-state index contributed by atoms with van der Waals surface area (Å²) in [5, 5.41) is 5.80. The average molecular weight is 569 g/mol. The Kier molecular flexibility index (Phi) is 8.32. The van der Waals surface area contributed by atoms with Crippen LogP contribution < -0.4 is 16.4 Å². The molecule has 0 bridgehead atoms. The molecule has 38 heavy (non-hydrogen) atoms. The first-order chi connectivity index (χ1) is 17.9. The van der Waals surface area contributed by atoms with E-state index in [4.69, 9.17) is 28.9 Å². The van der Waals surface area contributed by atoms with Crippen LogP contribution in [0, 0.1) is 17.8 Å². The average Bonchev–Trinajstić information content (AvgIpc) is 3.67. The van der Waals surface area contributed by atoms with E-state index in [1.165, 1.54) is 0 Å². The normalized spacial score (nSPS) is 18.9. The number of nitrogens with one attached hydrogen (secondary N) is 2. The maximum absolute atomic E-state index is 13.4. The van der Waals surface area contributed by atoms with Crippen molar-refractivity contribution in [3.8, 4) is 0 Å². The summed E-state index contributed by atoms with van der Waals surface area (Å²) >= 11 is 12.4. The molecule has 2 aromatic carbocycles. The highest BCUT2D eigenvalue weighted by atomic mass is 35.5. The molecule has 1 heterocycles. The Morgan fingerprint density at radius 1 is 1.11 bits per heavy atom. The number of para-hydroxylation sites is 1. The molecule has 1 saturated carbocycles. The SMILES string of the molecule is NC(=O)C(CC1CC1)C(CCC(F)(F)F)C(=O)NC1N=C(c2ccc(Cl)cc2)c2cccc(Cl)c2NC1=O. The van der Waals surface area contributed by atoms with Crippen LogP contribution >= 0.6 is 23.2 Å². The Morgan fingerprint density at radius 2 is 1.79 bits per heavy atom. The highest BCUT2D eigenvalue weighted by Gasteiger charge is 2.41. The van der Waals surface area contributed by atoms with E-state index in [2.05, 4.69) is 15.6 Å². The Morgan fingerprint density at radius 3 is 2.39 bits per heavy atom. The van der Waals surface area contributed by atoms with Gasteiger partial charge in [0.1, 0.15) is 0 Å². The number of fused-ring (bicyclic) bond motifs is 1. The van der Waals surface area contributed by atoms with Crippen molar-refractivity contribution in [3.05, 3.63) is 63.6 Å². The first-order valence-electron chi connectivity index (χ1n) is 12.0. The first kappa shape index (κ1) is 27.9. The number of rotatable bonds is 9. The van der Waals surface area contributed by atoms with Crippen LogP contribution in [-0.4, -0.2) is 35.8 Å². The second-order valence-electron chi connectivity index (χ2n) is 9.50. The van der Waals surface area contributed by atoms with Gasteiger partial charge in [0.15, 0.2) is 0 Å². The molecule has 2 aromatic rings. The van der Waals surface area contributed by atoms with Crippen LogP contribution in [0.3, 0.4) is 0 Å². The number of halogens is 5. The van der Waals surface area contributed by atoms with Gasteiger partial charge in [0.2, 0.25) is 18.0 Å². The largest absolute Gasteiger partial charge is 0.389 e. The molecule has 0 radical (unpaired) electrons. The number of primary amides is 1. The van der Waals surface area contributed by atoms with Crippen molar-refractivity contribution in [2.24, 2.45) is 28.5 Å². The molecule has 4 N–H and O–H groups in total. The zero-order valence-electron chi connectivity index (χ0n) is 20.0. The lowest BCUT2D eigenvalue weighted by Gasteiger charge is -2.26. The van der Waals surface area contributed by atoms with Gasteiger partial charge in [-0.25, -0.2) is 4.99 Å². The van der Waals surface area contributed by atoms with Crippen molar-refractivity contribution in [3.63, 3.8) is 0 Å². The fraction of sp³-hybridized carbons (Fsp3) is 0.385. The van der Waals surface area contributed by atoms with Gasteiger partial charge in [0.05, 0.1) is 16.4 Å². The number of carbonyl (C=O) groups is 3. The fourth-order valence-corrected chi connectivity index (χ4v) is 4.85. The predicted molar refractivity (Wildman–Crippen MR) is 138 cm³/mol. The van der Waals surface area contributed by atoms with Crippen LogP contribution in [-0.2, 0) is 14.4 Å². The molecule has 3 amide bonds. The Balaban J connectivity index is 1.69. The number of carbonyl (C=O) groups excluding carboxylic acids is 3. The zero-order valence-corrected chi connectivity index (χ0v) is 21.5. The minimum Gasteiger partial charge on any atom is -0.369 e. The van der Waals surface area contributed by atoms with Crippen molar-refractivity contribution in [2.75, 3.05) is 5.32 Å². The summed E-state index contributed by atoms with van der Waals surface area (Å²) < 4.78 is 39.3. The summed E-state index contributed by atoms with van der Waals surface area (Å²) in [5.41, 5.74) is 7.13. The summed E-state index contributed by atoms with van der Waals surface area (Å²) in [6.07, 6.45) is -6.15. The maximum atomic E-state index is 13.4. The quantitative estimate of drug-likeness (QED) is 0.391. The summed E-state index contributed by atoms with van der Waals surface area (Å²) in [4.78, 5) is 43.2. The first-order valence-corrected chi connectivity index (χ1v) is 12.8. The second-order valence-corrected chi connectivity index (χ2v) is 10.3. The molecule has 3 atom stereocenters. The van der Waals surface area contributed by atoms with Gasteiger partial charge in [-0.15, -0.1) is 0 Å². The fourth-order valence-electron chi connectivity index (χ4n) is 4.50. The molecular formula is C26H25Cl2F3N4O3. The number of aliphatic imine (C=N–C) groups is 1. The lowest BCUT2D eigenvalue weighted by atomic mass is 9.83. The number of amides is 3. The number of nitrogens with two attached hydrogens (primary N) is 1. The van der Waals surface area contributed by atoms with E-state index >= 15 is 0 Å². The molecule has 4 rings (SSSR count). The van der Waals surface area contributed by atoms with E-state index in [0.717, 1.165) is 12.8 Å². The van der Waals surface area contributed by atoms with Crippen LogP contribution in [0.25, 0.3) is 0 Å². The zero-order chi connectivity index (χ0) is 27.6. The summed E-state index contributed by atoms with van der Waals surface area (Å²) in [5.74, 6) is -4.87. The van der Waals surface area contributed by atoms with Gasteiger partial charge in [0, 0.05) is 34.4 Å². The third-order valence-corrected chi connectivity index (χ3v) is 7.20. The third kappa shape index (κ3) is 6.85. The maximum Gasteiger partial charge on any atom is 0.389 e. The van der Waals surface area contributed by atoms with Gasteiger partial charge in [-0.1, -0.05) is 60.3 Å². The second kappa shape index (κ2) is 11.3. The van der Waals surface area contributed by atoms with Gasteiger partial charge in [-0.05, 0) is 37.0 Å². The molecule has 202 valence electrons. The van der Waals surface area contributed by atoms with E-state index in [1.54, 1.807) is 42.5 Å². The number of anilines is 1.